The number of hydrogen-bond acceptors (Lipinski definition) is 3. The van der Waals surface area contributed by atoms with Crippen LogP contribution in [-0.2, 0) is 17.9 Å². The number of aromatic nitrogens is 2. The number of nitriles is 1. The molecular weight excluding hydrogens is 396 g/mol. The van der Waals surface area contributed by atoms with Crippen LogP contribution < -0.4 is 0 Å². The van der Waals surface area contributed by atoms with Gasteiger partial charge in [-0.3, -0.25) is 9.48 Å². The van der Waals surface area contributed by atoms with Crippen molar-refractivity contribution in [3.8, 4) is 6.07 Å². The lowest BCUT2D eigenvalue weighted by molar-refractivity contribution is -0.126. The maximum atomic E-state index is 12.9. The van der Waals surface area contributed by atoms with E-state index < -0.39 is 0 Å². The van der Waals surface area contributed by atoms with E-state index in [4.69, 9.17) is 5.26 Å². The molecule has 0 aliphatic carbocycles. The molecule has 2 aromatic carbocycles. The van der Waals surface area contributed by atoms with Crippen LogP contribution in [0.2, 0.25) is 0 Å². The summed E-state index contributed by atoms with van der Waals surface area (Å²) in [6.07, 6.45) is 4.40. The van der Waals surface area contributed by atoms with Crippen LogP contribution in [0.25, 0.3) is 6.08 Å². The average molecular weight is 427 g/mol. The van der Waals surface area contributed by atoms with Gasteiger partial charge in [-0.25, -0.2) is 0 Å². The summed E-state index contributed by atoms with van der Waals surface area (Å²) in [5.74, 6) is -0.0266. The van der Waals surface area contributed by atoms with Crippen LogP contribution >= 0.6 is 0 Å². The molecule has 1 aromatic heterocycles. The van der Waals surface area contributed by atoms with Gasteiger partial charge in [0.25, 0.3) is 0 Å². The quantitative estimate of drug-likeness (QED) is 0.466. The summed E-state index contributed by atoms with van der Waals surface area (Å²) in [4.78, 5) is 14.8. The second-order valence-electron chi connectivity index (χ2n) is 8.13. The maximum Gasteiger partial charge on any atom is 0.246 e. The van der Waals surface area contributed by atoms with Crippen molar-refractivity contribution in [2.24, 2.45) is 0 Å². The van der Waals surface area contributed by atoms with Crippen LogP contribution in [0.1, 0.15) is 52.5 Å². The van der Waals surface area contributed by atoms with Gasteiger partial charge in [-0.15, -0.1) is 0 Å². The molecule has 5 heteroatoms. The molecule has 0 saturated carbocycles. The molecule has 0 spiro atoms. The van der Waals surface area contributed by atoms with E-state index in [1.165, 1.54) is 11.1 Å². The van der Waals surface area contributed by atoms with Gasteiger partial charge in [-0.1, -0.05) is 48.9 Å². The van der Waals surface area contributed by atoms with Gasteiger partial charge in [-0.2, -0.15) is 10.4 Å². The molecule has 0 aliphatic heterocycles. The highest BCUT2D eigenvalue weighted by Gasteiger charge is 2.13. The standard InChI is InChI=1S/C27H30N4O/c1-5-16-30(18-24-12-10-23(17-28)11-13-24)27(32)15-14-26-21(3)29-31(22(26)4)19-25-8-6-20(2)7-9-25/h6-15H,5,16,18-19H2,1-4H3/b15-14+. The first-order valence-corrected chi connectivity index (χ1v) is 11.0. The number of carbonyl (C=O) groups excluding carboxylic acids is 1. The Morgan fingerprint density at radius 2 is 1.72 bits per heavy atom. The molecule has 1 amide bonds. The normalized spacial score (nSPS) is 11.0. The topological polar surface area (TPSA) is 61.9 Å². The first-order chi connectivity index (χ1) is 15.4. The van der Waals surface area contributed by atoms with E-state index in [-0.39, 0.29) is 5.91 Å². The van der Waals surface area contributed by atoms with Crippen LogP contribution in [0.4, 0.5) is 0 Å². The van der Waals surface area contributed by atoms with Crippen molar-refractivity contribution in [1.82, 2.24) is 14.7 Å². The Morgan fingerprint density at radius 3 is 2.34 bits per heavy atom. The molecule has 32 heavy (non-hydrogen) atoms. The van der Waals surface area contributed by atoms with E-state index in [1.807, 2.05) is 41.6 Å². The van der Waals surface area contributed by atoms with Crippen molar-refractivity contribution in [3.63, 3.8) is 0 Å². The Labute approximate surface area is 190 Å². The molecule has 0 radical (unpaired) electrons. The van der Waals surface area contributed by atoms with Crippen molar-refractivity contribution < 1.29 is 4.79 Å². The predicted octanol–water partition coefficient (Wildman–Crippen LogP) is 5.18. The Hall–Kier alpha value is -3.65. The molecule has 0 bridgehead atoms. The minimum atomic E-state index is -0.0266. The average Bonchev–Trinajstić information content (AvgIpc) is 3.06. The van der Waals surface area contributed by atoms with Crippen molar-refractivity contribution in [1.29, 1.82) is 5.26 Å². The van der Waals surface area contributed by atoms with Gasteiger partial charge < -0.3 is 4.90 Å². The number of benzene rings is 2. The molecule has 0 fully saturated rings. The van der Waals surface area contributed by atoms with Crippen LogP contribution in [0.15, 0.2) is 54.6 Å². The fraction of sp³-hybridized carbons (Fsp3) is 0.296. The summed E-state index contributed by atoms with van der Waals surface area (Å²) in [6.45, 7) is 10.1. The molecule has 5 nitrogen and oxygen atoms in total. The number of carbonyl (C=O) groups is 1. The molecule has 0 unspecified atom stereocenters. The Kier molecular flexibility index (Phi) is 7.62. The number of nitrogens with zero attached hydrogens (tertiary/aromatic N) is 4. The lowest BCUT2D eigenvalue weighted by atomic mass is 10.1. The van der Waals surface area contributed by atoms with Gasteiger partial charge >= 0.3 is 0 Å². The van der Waals surface area contributed by atoms with Crippen molar-refractivity contribution in [3.05, 3.63) is 93.8 Å². The molecule has 0 N–H and O–H groups in total. The molecular formula is C27H30N4O. The molecule has 0 atom stereocenters. The third-order valence-electron chi connectivity index (χ3n) is 5.54. The first-order valence-electron chi connectivity index (χ1n) is 11.0. The molecule has 0 aliphatic rings. The van der Waals surface area contributed by atoms with E-state index >= 15 is 0 Å². The molecule has 164 valence electrons. The molecule has 3 rings (SSSR count). The summed E-state index contributed by atoms with van der Waals surface area (Å²) in [7, 11) is 0. The van der Waals surface area contributed by atoms with E-state index in [9.17, 15) is 4.79 Å². The van der Waals surface area contributed by atoms with E-state index in [2.05, 4.69) is 49.3 Å². The highest BCUT2D eigenvalue weighted by Crippen LogP contribution is 2.17. The van der Waals surface area contributed by atoms with Crippen molar-refractivity contribution >= 4 is 12.0 Å². The third kappa shape index (κ3) is 5.73. The number of aryl methyl sites for hydroxylation is 2. The summed E-state index contributed by atoms with van der Waals surface area (Å²) in [5.41, 5.74) is 7.01. The van der Waals surface area contributed by atoms with Gasteiger partial charge in [0, 0.05) is 30.4 Å². The Morgan fingerprint density at radius 1 is 1.06 bits per heavy atom. The summed E-state index contributed by atoms with van der Waals surface area (Å²) >= 11 is 0. The predicted molar refractivity (Wildman–Crippen MR) is 128 cm³/mol. The summed E-state index contributed by atoms with van der Waals surface area (Å²) in [5, 5.41) is 13.7. The van der Waals surface area contributed by atoms with Gasteiger partial charge in [0.1, 0.15) is 0 Å². The highest BCUT2D eigenvalue weighted by molar-refractivity contribution is 5.92. The number of hydrogen-bond donors (Lipinski definition) is 0. The van der Waals surface area contributed by atoms with Gasteiger partial charge in [-0.05, 0) is 56.5 Å². The Balaban J connectivity index is 1.74. The zero-order valence-corrected chi connectivity index (χ0v) is 19.3. The third-order valence-corrected chi connectivity index (χ3v) is 5.54. The second-order valence-corrected chi connectivity index (χ2v) is 8.13. The van der Waals surface area contributed by atoms with E-state index in [0.29, 0.717) is 25.2 Å². The molecule has 3 aromatic rings. The second kappa shape index (κ2) is 10.6. The van der Waals surface area contributed by atoms with Crippen LogP contribution in [0.5, 0.6) is 0 Å². The van der Waals surface area contributed by atoms with Crippen LogP contribution in [0, 0.1) is 32.1 Å². The lowest BCUT2D eigenvalue weighted by Crippen LogP contribution is -2.29. The van der Waals surface area contributed by atoms with Gasteiger partial charge in [0.05, 0.1) is 23.9 Å². The summed E-state index contributed by atoms with van der Waals surface area (Å²) < 4.78 is 1.99. The van der Waals surface area contributed by atoms with Crippen molar-refractivity contribution in [2.45, 2.75) is 47.2 Å². The van der Waals surface area contributed by atoms with E-state index in [1.54, 1.807) is 18.2 Å². The van der Waals surface area contributed by atoms with Crippen LogP contribution in [0.3, 0.4) is 0 Å². The summed E-state index contributed by atoms with van der Waals surface area (Å²) in [6, 6.07) is 18.0. The SMILES string of the molecule is CCCN(Cc1ccc(C#N)cc1)C(=O)/C=C/c1c(C)nn(Cc2ccc(C)cc2)c1C. The zero-order chi connectivity index (χ0) is 23.1. The first kappa shape index (κ1) is 23.0. The Bertz CT molecular complexity index is 1130. The monoisotopic (exact) mass is 426 g/mol. The van der Waals surface area contributed by atoms with E-state index in [0.717, 1.165) is 28.9 Å². The van der Waals surface area contributed by atoms with Gasteiger partial charge in [0.2, 0.25) is 5.91 Å². The fourth-order valence-corrected chi connectivity index (χ4v) is 3.67. The minimum Gasteiger partial charge on any atom is -0.335 e. The minimum absolute atomic E-state index is 0.0266. The van der Waals surface area contributed by atoms with Crippen LogP contribution in [-0.4, -0.2) is 27.1 Å². The number of amides is 1. The fourth-order valence-electron chi connectivity index (χ4n) is 3.67. The van der Waals surface area contributed by atoms with Crippen molar-refractivity contribution in [2.75, 3.05) is 6.54 Å². The highest BCUT2D eigenvalue weighted by atomic mass is 16.2. The largest absolute Gasteiger partial charge is 0.335 e. The molecule has 0 saturated heterocycles. The zero-order valence-electron chi connectivity index (χ0n) is 19.3. The molecule has 1 heterocycles. The number of rotatable bonds is 8. The maximum absolute atomic E-state index is 12.9. The lowest BCUT2D eigenvalue weighted by Gasteiger charge is -2.20. The smallest absolute Gasteiger partial charge is 0.246 e. The van der Waals surface area contributed by atoms with Gasteiger partial charge in [0.15, 0.2) is 0 Å².